The van der Waals surface area contributed by atoms with Gasteiger partial charge in [0.1, 0.15) is 0 Å². The molecule has 1 N–H and O–H groups in total. The highest BCUT2D eigenvalue weighted by molar-refractivity contribution is 5.69. The number of esters is 1. The van der Waals surface area contributed by atoms with Crippen molar-refractivity contribution >= 4 is 5.97 Å². The summed E-state index contributed by atoms with van der Waals surface area (Å²) in [4.78, 5) is 11.8. The molecule has 0 amide bonds. The Morgan fingerprint density at radius 1 is 0.645 bits per heavy atom. The van der Waals surface area contributed by atoms with Crippen molar-refractivity contribution in [2.75, 3.05) is 6.61 Å². The predicted octanol–water partition coefficient (Wildman–Crippen LogP) is 8.76. The van der Waals surface area contributed by atoms with E-state index >= 15 is 0 Å². The maximum atomic E-state index is 11.8. The minimum Gasteiger partial charge on any atom is -0.466 e. The number of hydrogen-bond donors (Lipinski definition) is 1. The van der Waals surface area contributed by atoms with Crippen LogP contribution in [-0.2, 0) is 9.53 Å². The van der Waals surface area contributed by atoms with Gasteiger partial charge in [-0.25, -0.2) is 0 Å². The highest BCUT2D eigenvalue weighted by Gasteiger charge is 2.04. The molecule has 1 unspecified atom stereocenters. The van der Waals surface area contributed by atoms with Gasteiger partial charge in [0.15, 0.2) is 0 Å². The Morgan fingerprint density at radius 3 is 1.65 bits per heavy atom. The zero-order valence-electron chi connectivity index (χ0n) is 21.5. The zero-order chi connectivity index (χ0) is 23.0. The highest BCUT2D eigenvalue weighted by atomic mass is 16.5. The van der Waals surface area contributed by atoms with Crippen molar-refractivity contribution in [2.45, 2.75) is 162 Å². The van der Waals surface area contributed by atoms with Gasteiger partial charge in [-0.05, 0) is 31.6 Å². The molecule has 0 aromatic carbocycles. The minimum absolute atomic E-state index is 0.00643. The first-order valence-corrected chi connectivity index (χ1v) is 13.9. The van der Waals surface area contributed by atoms with E-state index in [2.05, 4.69) is 20.8 Å². The van der Waals surface area contributed by atoms with E-state index in [1.807, 2.05) is 0 Å². The molecule has 0 aromatic heterocycles. The summed E-state index contributed by atoms with van der Waals surface area (Å²) in [6, 6.07) is 0. The largest absolute Gasteiger partial charge is 0.466 e. The Bertz CT molecular complexity index is 367. The standard InChI is InChI=1S/C28H56O3/c1-4-5-6-17-22-27(29)23-18-13-9-7-8-10-14-19-24-28(30)31-25-20-15-11-12-16-21-26(2)3/h26-27,29H,4-25H2,1-3H3. The lowest BCUT2D eigenvalue weighted by Crippen LogP contribution is -2.06. The van der Waals surface area contributed by atoms with Gasteiger partial charge in [-0.2, -0.15) is 0 Å². The maximum Gasteiger partial charge on any atom is 0.305 e. The normalized spacial score (nSPS) is 12.4. The summed E-state index contributed by atoms with van der Waals surface area (Å²) in [6.45, 7) is 7.40. The van der Waals surface area contributed by atoms with Crippen LogP contribution in [0.25, 0.3) is 0 Å². The molecule has 3 heteroatoms. The van der Waals surface area contributed by atoms with Crippen LogP contribution in [0.5, 0.6) is 0 Å². The molecular weight excluding hydrogens is 384 g/mol. The third-order valence-electron chi connectivity index (χ3n) is 6.25. The first kappa shape index (κ1) is 30.4. The number of rotatable bonds is 24. The van der Waals surface area contributed by atoms with Crippen molar-refractivity contribution in [3.63, 3.8) is 0 Å². The average molecular weight is 441 g/mol. The smallest absolute Gasteiger partial charge is 0.305 e. The van der Waals surface area contributed by atoms with E-state index in [0.717, 1.165) is 38.0 Å². The Balaban J connectivity index is 3.23. The Hall–Kier alpha value is -0.570. The van der Waals surface area contributed by atoms with Crippen LogP contribution in [0, 0.1) is 5.92 Å². The summed E-state index contributed by atoms with van der Waals surface area (Å²) in [5, 5.41) is 9.98. The second-order valence-electron chi connectivity index (χ2n) is 10.0. The monoisotopic (exact) mass is 440 g/mol. The molecule has 0 heterocycles. The molecule has 0 aliphatic heterocycles. The topological polar surface area (TPSA) is 46.5 Å². The number of aliphatic hydroxyl groups is 1. The lowest BCUT2D eigenvalue weighted by molar-refractivity contribution is -0.143. The van der Waals surface area contributed by atoms with Crippen molar-refractivity contribution in [3.8, 4) is 0 Å². The van der Waals surface area contributed by atoms with Crippen LogP contribution in [-0.4, -0.2) is 23.8 Å². The van der Waals surface area contributed by atoms with E-state index in [1.165, 1.54) is 96.3 Å². The molecule has 0 radical (unpaired) electrons. The van der Waals surface area contributed by atoms with Crippen LogP contribution in [0.1, 0.15) is 156 Å². The van der Waals surface area contributed by atoms with Gasteiger partial charge in [0.25, 0.3) is 0 Å². The van der Waals surface area contributed by atoms with Gasteiger partial charge in [-0.15, -0.1) is 0 Å². The molecule has 0 bridgehead atoms. The van der Waals surface area contributed by atoms with Crippen LogP contribution in [0.3, 0.4) is 0 Å². The number of aliphatic hydroxyl groups excluding tert-OH is 1. The number of carbonyl (C=O) groups excluding carboxylic acids is 1. The molecule has 0 saturated carbocycles. The summed E-state index contributed by atoms with van der Waals surface area (Å²) in [7, 11) is 0. The second kappa shape index (κ2) is 24.1. The molecular formula is C28H56O3. The minimum atomic E-state index is -0.0775. The van der Waals surface area contributed by atoms with Crippen LogP contribution in [0.15, 0.2) is 0 Å². The summed E-state index contributed by atoms with van der Waals surface area (Å²) < 4.78 is 5.36. The molecule has 0 rings (SSSR count). The van der Waals surface area contributed by atoms with E-state index in [9.17, 15) is 9.90 Å². The van der Waals surface area contributed by atoms with Crippen molar-refractivity contribution in [3.05, 3.63) is 0 Å². The fraction of sp³-hybridized carbons (Fsp3) is 0.964. The van der Waals surface area contributed by atoms with Crippen molar-refractivity contribution < 1.29 is 14.6 Å². The first-order valence-electron chi connectivity index (χ1n) is 13.9. The summed E-state index contributed by atoms with van der Waals surface area (Å²) in [6.07, 6.45) is 24.5. The highest BCUT2D eigenvalue weighted by Crippen LogP contribution is 2.15. The lowest BCUT2D eigenvalue weighted by Gasteiger charge is -2.10. The molecule has 1 atom stereocenters. The summed E-state index contributed by atoms with van der Waals surface area (Å²) in [5.74, 6) is 0.809. The Morgan fingerprint density at radius 2 is 1.10 bits per heavy atom. The maximum absolute atomic E-state index is 11.8. The van der Waals surface area contributed by atoms with Crippen molar-refractivity contribution in [1.82, 2.24) is 0 Å². The van der Waals surface area contributed by atoms with E-state index in [1.54, 1.807) is 0 Å². The molecule has 0 aliphatic rings. The number of unbranched alkanes of at least 4 members (excludes halogenated alkanes) is 14. The molecule has 186 valence electrons. The van der Waals surface area contributed by atoms with Crippen LogP contribution >= 0.6 is 0 Å². The lowest BCUT2D eigenvalue weighted by atomic mass is 10.0. The van der Waals surface area contributed by atoms with Crippen molar-refractivity contribution in [1.29, 1.82) is 0 Å². The van der Waals surface area contributed by atoms with Gasteiger partial charge >= 0.3 is 5.97 Å². The second-order valence-corrected chi connectivity index (χ2v) is 10.0. The molecule has 3 nitrogen and oxygen atoms in total. The van der Waals surface area contributed by atoms with Gasteiger partial charge < -0.3 is 9.84 Å². The molecule has 0 fully saturated rings. The molecule has 31 heavy (non-hydrogen) atoms. The molecule has 0 spiro atoms. The van der Waals surface area contributed by atoms with E-state index < -0.39 is 0 Å². The quantitative estimate of drug-likeness (QED) is 0.120. The van der Waals surface area contributed by atoms with E-state index in [0.29, 0.717) is 13.0 Å². The summed E-state index contributed by atoms with van der Waals surface area (Å²) >= 11 is 0. The number of ether oxygens (including phenoxy) is 1. The first-order chi connectivity index (χ1) is 15.1. The third-order valence-corrected chi connectivity index (χ3v) is 6.25. The SMILES string of the molecule is CCCCCCC(O)CCCCCCCCCCC(=O)OCCCCCCCC(C)C. The number of hydrogen-bond acceptors (Lipinski definition) is 3. The Kier molecular flexibility index (Phi) is 23.6. The third kappa shape index (κ3) is 25.6. The van der Waals surface area contributed by atoms with Gasteiger partial charge in [0.2, 0.25) is 0 Å². The molecule has 0 aliphatic carbocycles. The fourth-order valence-electron chi connectivity index (χ4n) is 4.10. The zero-order valence-corrected chi connectivity index (χ0v) is 21.5. The predicted molar refractivity (Wildman–Crippen MR) is 134 cm³/mol. The average Bonchev–Trinajstić information content (AvgIpc) is 2.74. The van der Waals surface area contributed by atoms with Crippen molar-refractivity contribution in [2.24, 2.45) is 5.92 Å². The number of carbonyl (C=O) groups is 1. The van der Waals surface area contributed by atoms with Crippen LogP contribution in [0.4, 0.5) is 0 Å². The van der Waals surface area contributed by atoms with E-state index in [4.69, 9.17) is 4.74 Å². The van der Waals surface area contributed by atoms with Gasteiger partial charge in [-0.3, -0.25) is 4.79 Å². The molecule has 0 aromatic rings. The van der Waals surface area contributed by atoms with Crippen LogP contribution < -0.4 is 0 Å². The fourth-order valence-corrected chi connectivity index (χ4v) is 4.10. The van der Waals surface area contributed by atoms with Crippen LogP contribution in [0.2, 0.25) is 0 Å². The summed E-state index contributed by atoms with van der Waals surface area (Å²) in [5.41, 5.74) is 0. The van der Waals surface area contributed by atoms with E-state index in [-0.39, 0.29) is 12.1 Å². The van der Waals surface area contributed by atoms with Gasteiger partial charge in [0.05, 0.1) is 12.7 Å². The van der Waals surface area contributed by atoms with Gasteiger partial charge in [0, 0.05) is 6.42 Å². The Labute approximate surface area is 195 Å². The van der Waals surface area contributed by atoms with Gasteiger partial charge in [-0.1, -0.05) is 124 Å². The molecule has 0 saturated heterocycles.